The van der Waals surface area contributed by atoms with E-state index in [9.17, 15) is 29.8 Å². The Hall–Kier alpha value is -4.30. The van der Waals surface area contributed by atoms with Crippen LogP contribution in [0.5, 0.6) is 11.5 Å². The standard InChI is InChI=1S/2C9H10N2O5/c2*10-6(9(13)14)3-5-1-2-8(12)7(4-5)11(15)16/h2*1-2,4,6,12H,3,10H2,(H,13,14)/t2*6-/m00/s1. The van der Waals surface area contributed by atoms with Crippen LogP contribution in [-0.4, -0.2) is 54.3 Å². The topological polar surface area (TPSA) is 253 Å². The van der Waals surface area contributed by atoms with Crippen LogP contribution in [0, 0.1) is 20.2 Å². The third kappa shape index (κ3) is 7.51. The summed E-state index contributed by atoms with van der Waals surface area (Å²) >= 11 is 0. The van der Waals surface area contributed by atoms with E-state index in [1.807, 2.05) is 0 Å². The van der Waals surface area contributed by atoms with Gasteiger partial charge in [0.2, 0.25) is 0 Å². The molecule has 2 aromatic carbocycles. The van der Waals surface area contributed by atoms with Crippen molar-refractivity contribution in [1.29, 1.82) is 0 Å². The molecule has 0 saturated carbocycles. The van der Waals surface area contributed by atoms with Gasteiger partial charge in [0.05, 0.1) is 9.85 Å². The summed E-state index contributed by atoms with van der Waals surface area (Å²) in [5, 5.41) is 56.4. The highest BCUT2D eigenvalue weighted by Gasteiger charge is 2.18. The molecule has 0 aliphatic rings. The second kappa shape index (κ2) is 11.2. The fourth-order valence-electron chi connectivity index (χ4n) is 2.37. The van der Waals surface area contributed by atoms with E-state index in [2.05, 4.69) is 0 Å². The van der Waals surface area contributed by atoms with Crippen molar-refractivity contribution in [2.24, 2.45) is 11.5 Å². The molecule has 172 valence electrons. The number of aromatic hydroxyl groups is 2. The number of aliphatic carboxylic acids is 2. The molecule has 0 bridgehead atoms. The highest BCUT2D eigenvalue weighted by Crippen LogP contribution is 2.27. The zero-order chi connectivity index (χ0) is 24.6. The van der Waals surface area contributed by atoms with Crippen LogP contribution in [0.15, 0.2) is 36.4 Å². The van der Waals surface area contributed by atoms with Gasteiger partial charge in [-0.05, 0) is 36.1 Å². The van der Waals surface area contributed by atoms with Gasteiger partial charge in [0, 0.05) is 12.1 Å². The summed E-state index contributed by atoms with van der Waals surface area (Å²) in [5.41, 5.74) is 10.4. The van der Waals surface area contributed by atoms with Crippen molar-refractivity contribution in [3.63, 3.8) is 0 Å². The number of nitro benzene ring substituents is 2. The molecule has 14 heteroatoms. The Morgan fingerprint density at radius 1 is 0.781 bits per heavy atom. The first-order valence-electron chi connectivity index (χ1n) is 8.72. The number of nitrogens with two attached hydrogens (primary N) is 2. The van der Waals surface area contributed by atoms with Gasteiger partial charge in [-0.3, -0.25) is 29.8 Å². The number of nitro groups is 2. The van der Waals surface area contributed by atoms with E-state index < -0.39 is 56.7 Å². The van der Waals surface area contributed by atoms with E-state index in [0.717, 1.165) is 24.3 Å². The summed E-state index contributed by atoms with van der Waals surface area (Å²) in [7, 11) is 0. The van der Waals surface area contributed by atoms with Crippen LogP contribution >= 0.6 is 0 Å². The first-order chi connectivity index (χ1) is 14.8. The summed E-state index contributed by atoms with van der Waals surface area (Å²) < 4.78 is 0. The number of carboxylic acid groups (broad SMARTS) is 2. The maximum Gasteiger partial charge on any atom is 0.320 e. The lowest BCUT2D eigenvalue weighted by Gasteiger charge is -2.06. The predicted octanol–water partition coefficient (Wildman–Crippen LogP) is 0.510. The van der Waals surface area contributed by atoms with Crippen molar-refractivity contribution in [3.05, 3.63) is 67.8 Å². The van der Waals surface area contributed by atoms with Gasteiger partial charge in [0.1, 0.15) is 12.1 Å². The molecule has 2 rings (SSSR count). The minimum atomic E-state index is -1.18. The number of nitrogens with zero attached hydrogens (tertiary/aromatic N) is 2. The highest BCUT2D eigenvalue weighted by atomic mass is 16.6. The molecular weight excluding hydrogens is 432 g/mol. The molecule has 0 unspecified atom stereocenters. The van der Waals surface area contributed by atoms with E-state index in [-0.39, 0.29) is 12.8 Å². The maximum atomic E-state index is 10.5. The number of carbonyl (C=O) groups is 2. The zero-order valence-electron chi connectivity index (χ0n) is 16.3. The van der Waals surface area contributed by atoms with E-state index in [0.29, 0.717) is 11.1 Å². The lowest BCUT2D eigenvalue weighted by atomic mass is 10.1. The fraction of sp³-hybridized carbons (Fsp3) is 0.222. The summed E-state index contributed by atoms with van der Waals surface area (Å²) in [4.78, 5) is 40.5. The number of hydrogen-bond acceptors (Lipinski definition) is 10. The first-order valence-corrected chi connectivity index (χ1v) is 8.72. The van der Waals surface area contributed by atoms with Crippen molar-refractivity contribution in [2.45, 2.75) is 24.9 Å². The van der Waals surface area contributed by atoms with Crippen molar-refractivity contribution < 1.29 is 39.9 Å². The van der Waals surface area contributed by atoms with Gasteiger partial charge in [-0.15, -0.1) is 0 Å². The van der Waals surface area contributed by atoms with E-state index in [1.165, 1.54) is 12.1 Å². The average molecular weight is 452 g/mol. The van der Waals surface area contributed by atoms with Gasteiger partial charge < -0.3 is 31.9 Å². The number of benzene rings is 2. The van der Waals surface area contributed by atoms with Crippen LogP contribution in [0.4, 0.5) is 11.4 Å². The maximum absolute atomic E-state index is 10.5. The summed E-state index contributed by atoms with van der Waals surface area (Å²) in [6, 6.07) is 5.05. The molecule has 0 amide bonds. The number of phenols is 2. The Kier molecular flexibility index (Phi) is 9.00. The van der Waals surface area contributed by atoms with Crippen LogP contribution in [0.2, 0.25) is 0 Å². The third-order valence-corrected chi connectivity index (χ3v) is 4.02. The number of phenolic OH excluding ortho intramolecular Hbond substituents is 2. The zero-order valence-corrected chi connectivity index (χ0v) is 16.3. The number of hydrogen-bond donors (Lipinski definition) is 6. The summed E-state index contributed by atoms with van der Waals surface area (Å²) in [6.07, 6.45) is -0.0626. The second-order valence-corrected chi connectivity index (χ2v) is 6.46. The minimum Gasteiger partial charge on any atom is -0.502 e. The monoisotopic (exact) mass is 452 g/mol. The van der Waals surface area contributed by atoms with Gasteiger partial charge in [-0.25, -0.2) is 0 Å². The fourth-order valence-corrected chi connectivity index (χ4v) is 2.37. The second-order valence-electron chi connectivity index (χ2n) is 6.46. The molecule has 8 N–H and O–H groups in total. The highest BCUT2D eigenvalue weighted by molar-refractivity contribution is 5.74. The number of rotatable bonds is 8. The first kappa shape index (κ1) is 25.7. The molecule has 0 spiro atoms. The van der Waals surface area contributed by atoms with Crippen LogP contribution in [-0.2, 0) is 22.4 Å². The quantitative estimate of drug-likeness (QED) is 0.236. The van der Waals surface area contributed by atoms with Gasteiger partial charge in [-0.1, -0.05) is 12.1 Å². The van der Waals surface area contributed by atoms with Crippen molar-refractivity contribution in [3.8, 4) is 11.5 Å². The van der Waals surface area contributed by atoms with E-state index in [4.69, 9.17) is 31.9 Å². The minimum absolute atomic E-state index is 0.0313. The van der Waals surface area contributed by atoms with Crippen molar-refractivity contribution >= 4 is 23.3 Å². The van der Waals surface area contributed by atoms with E-state index in [1.54, 1.807) is 0 Å². The van der Waals surface area contributed by atoms with Crippen molar-refractivity contribution in [2.75, 3.05) is 0 Å². The predicted molar refractivity (Wildman–Crippen MR) is 108 cm³/mol. The molecule has 0 aromatic heterocycles. The molecule has 14 nitrogen and oxygen atoms in total. The Morgan fingerprint density at radius 2 is 1.09 bits per heavy atom. The Morgan fingerprint density at radius 3 is 1.34 bits per heavy atom. The molecule has 0 heterocycles. The molecular formula is C18H20N4O10. The molecule has 0 aliphatic heterocycles. The largest absolute Gasteiger partial charge is 0.502 e. The van der Waals surface area contributed by atoms with Gasteiger partial charge in [0.25, 0.3) is 0 Å². The van der Waals surface area contributed by atoms with Crippen molar-refractivity contribution in [1.82, 2.24) is 0 Å². The summed E-state index contributed by atoms with van der Waals surface area (Å²) in [5.74, 6) is -3.29. The normalized spacial score (nSPS) is 12.1. The molecule has 0 saturated heterocycles. The van der Waals surface area contributed by atoms with Crippen LogP contribution in [0.3, 0.4) is 0 Å². The Bertz CT molecular complexity index is 945. The van der Waals surface area contributed by atoms with E-state index >= 15 is 0 Å². The molecule has 2 atom stereocenters. The smallest absolute Gasteiger partial charge is 0.320 e. The van der Waals surface area contributed by atoms with Gasteiger partial charge in [0.15, 0.2) is 11.5 Å². The van der Waals surface area contributed by atoms with Crippen LogP contribution < -0.4 is 11.5 Å². The lowest BCUT2D eigenvalue weighted by molar-refractivity contribution is -0.386. The molecule has 0 aliphatic carbocycles. The third-order valence-electron chi connectivity index (χ3n) is 4.02. The van der Waals surface area contributed by atoms with Gasteiger partial charge >= 0.3 is 23.3 Å². The molecule has 0 fully saturated rings. The number of carboxylic acids is 2. The Balaban J connectivity index is 0.000000320. The molecule has 2 aromatic rings. The Labute approximate surface area is 179 Å². The lowest BCUT2D eigenvalue weighted by Crippen LogP contribution is -2.32. The SMILES string of the molecule is N[C@@H](Cc1ccc(O)c([N+](=O)[O-])c1)C(=O)O.N[C@@H](Cc1ccc(O)c([N+](=O)[O-])c1)C(=O)O. The molecule has 32 heavy (non-hydrogen) atoms. The average Bonchev–Trinajstić information content (AvgIpc) is 2.70. The van der Waals surface area contributed by atoms with Gasteiger partial charge in [-0.2, -0.15) is 0 Å². The van der Waals surface area contributed by atoms with Crippen LogP contribution in [0.1, 0.15) is 11.1 Å². The van der Waals surface area contributed by atoms with Crippen LogP contribution in [0.25, 0.3) is 0 Å². The molecule has 0 radical (unpaired) electrons. The summed E-state index contributed by atoms with van der Waals surface area (Å²) in [6.45, 7) is 0.